The van der Waals surface area contributed by atoms with E-state index in [4.69, 9.17) is 28.4 Å². The van der Waals surface area contributed by atoms with E-state index in [9.17, 15) is 24.6 Å². The second-order valence-corrected chi connectivity index (χ2v) is 9.81. The number of amides is 1. The minimum Gasteiger partial charge on any atom is -0.479 e. The standard InChI is InChI=1S/C25H35IN2O11/c26-25(33)37-16-17-1-2-20(38-22-15-18(29)14-21(39-22)24(31)32)19(13-17)23(30)27-3-7-34-11-12-36-10-6-28-4-8-35-9-5-28/h1-2,13,18,21-22,29H,3-12,14-16H2,(H,27,30)(H,31,32). The van der Waals surface area contributed by atoms with Gasteiger partial charge in [-0.15, -0.1) is 0 Å². The number of halogens is 1. The number of carbonyl (C=O) groups is 3. The molecule has 2 saturated heterocycles. The highest BCUT2D eigenvalue weighted by Gasteiger charge is 2.34. The van der Waals surface area contributed by atoms with Crippen LogP contribution < -0.4 is 10.1 Å². The fourth-order valence-corrected chi connectivity index (χ4v) is 4.15. The highest BCUT2D eigenvalue weighted by Crippen LogP contribution is 2.27. The van der Waals surface area contributed by atoms with E-state index < -0.39 is 34.4 Å². The molecule has 1 aromatic carbocycles. The number of hydrogen-bond acceptors (Lipinski definition) is 11. The van der Waals surface area contributed by atoms with Crippen LogP contribution in [-0.4, -0.2) is 115 Å². The van der Waals surface area contributed by atoms with E-state index in [-0.39, 0.29) is 43.9 Å². The van der Waals surface area contributed by atoms with E-state index in [2.05, 4.69) is 10.2 Å². The average Bonchev–Trinajstić information content (AvgIpc) is 2.91. The van der Waals surface area contributed by atoms with E-state index in [1.165, 1.54) is 34.7 Å². The Bertz CT molecular complexity index is 945. The van der Waals surface area contributed by atoms with E-state index in [1.54, 1.807) is 6.07 Å². The lowest BCUT2D eigenvalue weighted by molar-refractivity contribution is -0.195. The molecule has 0 spiro atoms. The Hall–Kier alpha value is -2.08. The van der Waals surface area contributed by atoms with Crippen molar-refractivity contribution >= 4 is 38.4 Å². The Morgan fingerprint density at radius 1 is 1.08 bits per heavy atom. The third kappa shape index (κ3) is 11.5. The van der Waals surface area contributed by atoms with Gasteiger partial charge in [-0.3, -0.25) is 9.69 Å². The van der Waals surface area contributed by atoms with Crippen LogP contribution in [0.3, 0.4) is 0 Å². The van der Waals surface area contributed by atoms with Crippen LogP contribution in [0.2, 0.25) is 0 Å². The van der Waals surface area contributed by atoms with Crippen LogP contribution in [-0.2, 0) is 35.1 Å². The summed E-state index contributed by atoms with van der Waals surface area (Å²) in [5.41, 5.74) is 0.690. The first-order chi connectivity index (χ1) is 18.8. The molecular formula is C25H35IN2O11. The SMILES string of the molecule is O=C(I)OCc1ccc(OC2CC(O)CC(C(=O)O)O2)c(C(=O)NCCOCCOCCN2CCOCC2)c1. The minimum atomic E-state index is -1.22. The number of carbonyl (C=O) groups excluding carboxylic acids is 2. The zero-order chi connectivity index (χ0) is 28.0. The lowest BCUT2D eigenvalue weighted by atomic mass is 10.0. The predicted octanol–water partition coefficient (Wildman–Crippen LogP) is 1.18. The Kier molecular flexibility index (Phi) is 13.6. The first-order valence-electron chi connectivity index (χ1n) is 12.7. The third-order valence-electron chi connectivity index (χ3n) is 6.00. The molecular weight excluding hydrogens is 631 g/mol. The second kappa shape index (κ2) is 16.9. The van der Waals surface area contributed by atoms with Crippen molar-refractivity contribution in [2.75, 3.05) is 65.8 Å². The van der Waals surface area contributed by atoms with Crippen LogP contribution in [0, 0.1) is 0 Å². The molecule has 2 aliphatic rings. The summed E-state index contributed by atoms with van der Waals surface area (Å²) in [5.74, 6) is -1.54. The largest absolute Gasteiger partial charge is 0.479 e. The Morgan fingerprint density at radius 2 is 1.82 bits per heavy atom. The topological polar surface area (TPSA) is 162 Å². The molecule has 0 aliphatic carbocycles. The quantitative estimate of drug-likeness (QED) is 0.140. The van der Waals surface area contributed by atoms with Crippen molar-refractivity contribution in [1.82, 2.24) is 10.2 Å². The molecule has 1 amide bonds. The van der Waals surface area contributed by atoms with Crippen LogP contribution in [0.5, 0.6) is 5.75 Å². The number of carboxylic acids is 1. The maximum Gasteiger partial charge on any atom is 0.367 e. The average molecular weight is 666 g/mol. The van der Waals surface area contributed by atoms with Crippen LogP contribution in [0.4, 0.5) is 4.79 Å². The summed E-state index contributed by atoms with van der Waals surface area (Å²) >= 11 is 1.51. The molecule has 2 aliphatic heterocycles. The number of nitrogens with one attached hydrogen (secondary N) is 1. The Morgan fingerprint density at radius 3 is 2.54 bits per heavy atom. The van der Waals surface area contributed by atoms with E-state index in [1.807, 2.05) is 0 Å². The van der Waals surface area contributed by atoms with Crippen LogP contribution >= 0.6 is 22.6 Å². The third-order valence-corrected chi connectivity index (χ3v) is 6.31. The number of aliphatic carboxylic acids is 1. The number of aliphatic hydroxyl groups excluding tert-OH is 1. The number of carboxylic acid groups (broad SMARTS) is 1. The molecule has 2 fully saturated rings. The molecule has 3 atom stereocenters. The number of aliphatic hydroxyl groups is 1. The zero-order valence-corrected chi connectivity index (χ0v) is 23.7. The van der Waals surface area contributed by atoms with Crippen molar-refractivity contribution in [3.05, 3.63) is 29.3 Å². The van der Waals surface area contributed by atoms with Crippen molar-refractivity contribution in [3.8, 4) is 5.75 Å². The van der Waals surface area contributed by atoms with Crippen molar-refractivity contribution in [2.45, 2.75) is 37.9 Å². The molecule has 0 radical (unpaired) electrons. The summed E-state index contributed by atoms with van der Waals surface area (Å²) in [7, 11) is 0. The maximum absolute atomic E-state index is 13.0. The summed E-state index contributed by atoms with van der Waals surface area (Å²) in [4.78, 5) is 37.8. The number of morpholine rings is 1. The van der Waals surface area contributed by atoms with Gasteiger partial charge < -0.3 is 44.0 Å². The smallest absolute Gasteiger partial charge is 0.367 e. The molecule has 0 bridgehead atoms. The molecule has 1 aromatic rings. The number of rotatable bonds is 15. The molecule has 13 nitrogen and oxygen atoms in total. The fraction of sp³-hybridized carbons (Fsp3) is 0.640. The van der Waals surface area contributed by atoms with E-state index in [0.717, 1.165) is 32.8 Å². The summed E-state index contributed by atoms with van der Waals surface area (Å²) in [6.07, 6.45) is -3.22. The van der Waals surface area contributed by atoms with E-state index in [0.29, 0.717) is 25.4 Å². The molecule has 39 heavy (non-hydrogen) atoms. The lowest BCUT2D eigenvalue weighted by Crippen LogP contribution is -2.42. The first-order valence-corrected chi connectivity index (χ1v) is 13.8. The fourth-order valence-electron chi connectivity index (χ4n) is 4.00. The second-order valence-electron chi connectivity index (χ2n) is 8.93. The molecule has 3 unspecified atom stereocenters. The summed E-state index contributed by atoms with van der Waals surface area (Å²) in [6.45, 7) is 6.06. The van der Waals surface area contributed by atoms with Crippen molar-refractivity contribution < 1.29 is 53.0 Å². The van der Waals surface area contributed by atoms with Gasteiger partial charge in [0.25, 0.3) is 5.91 Å². The molecule has 3 rings (SSSR count). The molecule has 0 aromatic heterocycles. The molecule has 2 heterocycles. The van der Waals surface area contributed by atoms with E-state index >= 15 is 0 Å². The van der Waals surface area contributed by atoms with Gasteiger partial charge >= 0.3 is 9.95 Å². The molecule has 218 valence electrons. The van der Waals surface area contributed by atoms with Crippen LogP contribution in [0.1, 0.15) is 28.8 Å². The Labute approximate surface area is 240 Å². The van der Waals surface area contributed by atoms with Gasteiger partial charge in [-0.1, -0.05) is 6.07 Å². The van der Waals surface area contributed by atoms with Crippen molar-refractivity contribution in [3.63, 3.8) is 0 Å². The van der Waals surface area contributed by atoms with Gasteiger partial charge in [0.2, 0.25) is 6.29 Å². The van der Waals surface area contributed by atoms with Crippen molar-refractivity contribution in [1.29, 1.82) is 0 Å². The van der Waals surface area contributed by atoms with Gasteiger partial charge in [0, 0.05) is 39.0 Å². The number of ether oxygens (including phenoxy) is 6. The van der Waals surface area contributed by atoms with Gasteiger partial charge in [0.15, 0.2) is 6.10 Å². The summed E-state index contributed by atoms with van der Waals surface area (Å²) in [5, 5.41) is 22.0. The number of nitrogens with zero attached hydrogens (tertiary/aromatic N) is 1. The highest BCUT2D eigenvalue weighted by atomic mass is 127. The molecule has 3 N–H and O–H groups in total. The summed E-state index contributed by atoms with van der Waals surface area (Å²) in [6, 6.07) is 4.64. The highest BCUT2D eigenvalue weighted by molar-refractivity contribution is 14.1. The van der Waals surface area contributed by atoms with Gasteiger partial charge in [-0.2, -0.15) is 0 Å². The Balaban J connectivity index is 1.46. The van der Waals surface area contributed by atoms with Gasteiger partial charge in [-0.05, 0) is 17.7 Å². The van der Waals surface area contributed by atoms with Gasteiger partial charge in [0.1, 0.15) is 12.4 Å². The number of hydrogen-bond donors (Lipinski definition) is 3. The number of benzene rings is 1. The van der Waals surface area contributed by atoms with Crippen LogP contribution in [0.25, 0.3) is 0 Å². The normalized spacial score (nSPS) is 21.7. The summed E-state index contributed by atoms with van der Waals surface area (Å²) < 4.78 is 32.2. The molecule has 0 saturated carbocycles. The maximum atomic E-state index is 13.0. The van der Waals surface area contributed by atoms with Gasteiger partial charge in [-0.25, -0.2) is 9.59 Å². The first kappa shape index (κ1) is 31.4. The lowest BCUT2D eigenvalue weighted by Gasteiger charge is -2.31. The minimum absolute atomic E-state index is 0.0431. The predicted molar refractivity (Wildman–Crippen MR) is 144 cm³/mol. The van der Waals surface area contributed by atoms with Crippen molar-refractivity contribution in [2.24, 2.45) is 0 Å². The van der Waals surface area contributed by atoms with Crippen LogP contribution in [0.15, 0.2) is 18.2 Å². The zero-order valence-electron chi connectivity index (χ0n) is 21.6. The monoisotopic (exact) mass is 666 g/mol. The van der Waals surface area contributed by atoms with Gasteiger partial charge in [0.05, 0.1) is 73.9 Å². The molecule has 14 heteroatoms.